The fourth-order valence-corrected chi connectivity index (χ4v) is 3.23. The van der Waals surface area contributed by atoms with Crippen LogP contribution in [0.2, 0.25) is 0 Å². The Balaban J connectivity index is 1.45. The molecule has 0 aromatic heterocycles. The Bertz CT molecular complexity index is 781. The van der Waals surface area contributed by atoms with Crippen LogP contribution in [0.5, 0.6) is 0 Å². The molecule has 0 bridgehead atoms. The maximum atomic E-state index is 11.5. The van der Waals surface area contributed by atoms with Crippen LogP contribution in [0.15, 0.2) is 59.6 Å². The molecule has 0 radical (unpaired) electrons. The number of hydrogen-bond donors (Lipinski definition) is 2. The first-order valence-corrected chi connectivity index (χ1v) is 9.34. The van der Waals surface area contributed by atoms with Crippen molar-refractivity contribution in [2.75, 3.05) is 27.2 Å². The van der Waals surface area contributed by atoms with Crippen molar-refractivity contribution in [2.45, 2.75) is 24.7 Å². The van der Waals surface area contributed by atoms with Gasteiger partial charge in [0.05, 0.1) is 12.7 Å². The summed E-state index contributed by atoms with van der Waals surface area (Å²) >= 11 is 0. The number of benzene rings is 2. The van der Waals surface area contributed by atoms with Crippen LogP contribution in [0, 0.1) is 0 Å². The van der Waals surface area contributed by atoms with Crippen molar-refractivity contribution in [3.63, 3.8) is 0 Å². The van der Waals surface area contributed by atoms with Gasteiger partial charge in [-0.15, -0.1) is 0 Å². The third kappa shape index (κ3) is 4.88. The lowest BCUT2D eigenvalue weighted by atomic mass is 9.96. The van der Waals surface area contributed by atoms with E-state index in [0.717, 1.165) is 31.0 Å². The van der Waals surface area contributed by atoms with E-state index in [2.05, 4.69) is 46.0 Å². The van der Waals surface area contributed by atoms with E-state index < -0.39 is 0 Å². The molecule has 2 aromatic rings. The van der Waals surface area contributed by atoms with Gasteiger partial charge in [-0.1, -0.05) is 42.5 Å². The molecule has 0 saturated heterocycles. The van der Waals surface area contributed by atoms with Crippen LogP contribution in [-0.2, 0) is 16.6 Å². The Labute approximate surface area is 160 Å². The molecule has 2 N–H and O–H groups in total. The predicted octanol–water partition coefficient (Wildman–Crippen LogP) is 2.91. The second-order valence-corrected chi connectivity index (χ2v) is 6.94. The van der Waals surface area contributed by atoms with E-state index in [1.807, 2.05) is 12.1 Å². The minimum atomic E-state index is -0.309. The van der Waals surface area contributed by atoms with E-state index in [1.54, 1.807) is 19.2 Å². The minimum absolute atomic E-state index is 0.253. The topological polar surface area (TPSA) is 62.7 Å². The Morgan fingerprint density at radius 3 is 2.37 bits per heavy atom. The molecule has 0 heterocycles. The predicted molar refractivity (Wildman–Crippen MR) is 108 cm³/mol. The summed E-state index contributed by atoms with van der Waals surface area (Å²) in [7, 11) is 3.19. The standard InChI is InChI=1S/C22H27N3O2/c1-23-21(25-16-22(13-14-22)19-6-4-3-5-7-19)24-15-12-17-8-10-18(11-9-17)20(26)27-2/h3-11H,12-16H2,1-2H3,(H2,23,24,25). The summed E-state index contributed by atoms with van der Waals surface area (Å²) < 4.78 is 4.72. The Kier molecular flexibility index (Phi) is 6.12. The summed E-state index contributed by atoms with van der Waals surface area (Å²) in [6, 6.07) is 18.2. The van der Waals surface area contributed by atoms with Crippen LogP contribution in [0.3, 0.4) is 0 Å². The molecular formula is C22H27N3O2. The number of rotatable bonds is 7. The van der Waals surface area contributed by atoms with Gasteiger partial charge in [0, 0.05) is 25.6 Å². The lowest BCUT2D eigenvalue weighted by Crippen LogP contribution is -2.41. The molecule has 0 aliphatic heterocycles. The minimum Gasteiger partial charge on any atom is -0.465 e. The monoisotopic (exact) mass is 365 g/mol. The molecule has 5 heteroatoms. The number of esters is 1. The van der Waals surface area contributed by atoms with Gasteiger partial charge >= 0.3 is 5.97 Å². The Morgan fingerprint density at radius 1 is 1.07 bits per heavy atom. The molecule has 27 heavy (non-hydrogen) atoms. The van der Waals surface area contributed by atoms with Gasteiger partial charge in [-0.25, -0.2) is 4.79 Å². The third-order valence-corrected chi connectivity index (χ3v) is 5.14. The van der Waals surface area contributed by atoms with Crippen LogP contribution >= 0.6 is 0 Å². The summed E-state index contributed by atoms with van der Waals surface area (Å²) in [5.74, 6) is 0.514. The van der Waals surface area contributed by atoms with Crippen LogP contribution < -0.4 is 10.6 Å². The van der Waals surface area contributed by atoms with Crippen LogP contribution in [0.1, 0.15) is 34.3 Å². The first-order valence-electron chi connectivity index (χ1n) is 9.34. The average Bonchev–Trinajstić information content (AvgIpc) is 3.52. The smallest absolute Gasteiger partial charge is 0.337 e. The van der Waals surface area contributed by atoms with E-state index in [9.17, 15) is 4.79 Å². The number of carbonyl (C=O) groups is 1. The fraction of sp³-hybridized carbons (Fsp3) is 0.364. The van der Waals surface area contributed by atoms with Crippen LogP contribution in [0.25, 0.3) is 0 Å². The number of hydrogen-bond acceptors (Lipinski definition) is 3. The molecule has 3 rings (SSSR count). The molecule has 142 valence electrons. The van der Waals surface area contributed by atoms with E-state index in [1.165, 1.54) is 25.5 Å². The molecular weight excluding hydrogens is 338 g/mol. The average molecular weight is 365 g/mol. The van der Waals surface area contributed by atoms with Crippen LogP contribution in [0.4, 0.5) is 0 Å². The third-order valence-electron chi connectivity index (χ3n) is 5.14. The second kappa shape index (κ2) is 8.71. The molecule has 1 saturated carbocycles. The van der Waals surface area contributed by atoms with Crippen molar-refractivity contribution < 1.29 is 9.53 Å². The van der Waals surface area contributed by atoms with Crippen molar-refractivity contribution >= 4 is 11.9 Å². The summed E-state index contributed by atoms with van der Waals surface area (Å²) in [5.41, 5.74) is 3.39. The molecule has 5 nitrogen and oxygen atoms in total. The molecule has 0 spiro atoms. The first kappa shape index (κ1) is 19.0. The fourth-order valence-electron chi connectivity index (χ4n) is 3.23. The van der Waals surface area contributed by atoms with Crippen molar-refractivity contribution in [1.82, 2.24) is 10.6 Å². The summed E-state index contributed by atoms with van der Waals surface area (Å²) in [4.78, 5) is 15.8. The zero-order valence-corrected chi connectivity index (χ0v) is 16.0. The zero-order chi connectivity index (χ0) is 19.1. The number of aliphatic imine (C=N–C) groups is 1. The SMILES string of the molecule is CN=C(NCCc1ccc(C(=O)OC)cc1)NCC1(c2ccccc2)CC1. The largest absolute Gasteiger partial charge is 0.465 e. The maximum absolute atomic E-state index is 11.5. The Hall–Kier alpha value is -2.82. The highest BCUT2D eigenvalue weighted by Crippen LogP contribution is 2.47. The lowest BCUT2D eigenvalue weighted by Gasteiger charge is -2.19. The van der Waals surface area contributed by atoms with Gasteiger partial charge < -0.3 is 15.4 Å². The number of nitrogens with one attached hydrogen (secondary N) is 2. The van der Waals surface area contributed by atoms with Gasteiger partial charge in [-0.3, -0.25) is 4.99 Å². The van der Waals surface area contributed by atoms with Gasteiger partial charge in [0.25, 0.3) is 0 Å². The zero-order valence-electron chi connectivity index (χ0n) is 16.0. The van der Waals surface area contributed by atoms with Gasteiger partial charge in [-0.2, -0.15) is 0 Å². The van der Waals surface area contributed by atoms with E-state index >= 15 is 0 Å². The van der Waals surface area contributed by atoms with Crippen molar-refractivity contribution in [3.8, 4) is 0 Å². The van der Waals surface area contributed by atoms with Crippen molar-refractivity contribution in [1.29, 1.82) is 0 Å². The summed E-state index contributed by atoms with van der Waals surface area (Å²) in [5, 5.41) is 6.83. The van der Waals surface area contributed by atoms with Gasteiger partial charge in [0.2, 0.25) is 0 Å². The van der Waals surface area contributed by atoms with Gasteiger partial charge in [0.15, 0.2) is 5.96 Å². The number of guanidine groups is 1. The molecule has 0 amide bonds. The molecule has 1 fully saturated rings. The van der Waals surface area contributed by atoms with E-state index in [-0.39, 0.29) is 11.4 Å². The van der Waals surface area contributed by atoms with E-state index in [0.29, 0.717) is 5.56 Å². The Morgan fingerprint density at radius 2 is 1.78 bits per heavy atom. The highest BCUT2D eigenvalue weighted by molar-refractivity contribution is 5.89. The quantitative estimate of drug-likeness (QED) is 0.450. The summed E-state index contributed by atoms with van der Waals surface area (Å²) in [6.45, 7) is 1.67. The second-order valence-electron chi connectivity index (χ2n) is 6.94. The maximum Gasteiger partial charge on any atom is 0.337 e. The molecule has 2 aromatic carbocycles. The van der Waals surface area contributed by atoms with Crippen LogP contribution in [-0.4, -0.2) is 39.2 Å². The number of nitrogens with zero attached hydrogens (tertiary/aromatic N) is 1. The lowest BCUT2D eigenvalue weighted by molar-refractivity contribution is 0.0600. The highest BCUT2D eigenvalue weighted by atomic mass is 16.5. The highest BCUT2D eigenvalue weighted by Gasteiger charge is 2.43. The van der Waals surface area contributed by atoms with Crippen molar-refractivity contribution in [2.24, 2.45) is 4.99 Å². The molecule has 0 atom stereocenters. The number of methoxy groups -OCH3 is 1. The number of ether oxygens (including phenoxy) is 1. The molecule has 0 unspecified atom stereocenters. The van der Waals surface area contributed by atoms with Crippen molar-refractivity contribution in [3.05, 3.63) is 71.3 Å². The summed E-state index contributed by atoms with van der Waals surface area (Å²) in [6.07, 6.45) is 3.28. The van der Waals surface area contributed by atoms with Gasteiger partial charge in [0.1, 0.15) is 0 Å². The van der Waals surface area contributed by atoms with Gasteiger partial charge in [-0.05, 0) is 42.5 Å². The normalized spacial score (nSPS) is 15.1. The molecule has 1 aliphatic rings. The number of carbonyl (C=O) groups excluding carboxylic acids is 1. The molecule has 1 aliphatic carbocycles. The first-order chi connectivity index (χ1) is 13.2. The van der Waals surface area contributed by atoms with E-state index in [4.69, 9.17) is 4.74 Å².